The Labute approximate surface area is 172 Å². The summed E-state index contributed by atoms with van der Waals surface area (Å²) in [6.45, 7) is 7.50. The number of carboxylic acid groups (broad SMARTS) is 1. The second kappa shape index (κ2) is 7.85. The van der Waals surface area contributed by atoms with Crippen molar-refractivity contribution < 1.29 is 9.90 Å². The monoisotopic (exact) mass is 416 g/mol. The van der Waals surface area contributed by atoms with E-state index in [4.69, 9.17) is 17.0 Å². The van der Waals surface area contributed by atoms with Gasteiger partial charge in [0, 0.05) is 27.4 Å². The minimum absolute atomic E-state index is 0.264. The van der Waals surface area contributed by atoms with Gasteiger partial charge in [0.2, 0.25) is 0 Å². The SMILES string of the molecule is Cc1sc(-n2c(C)nnc2CC(C)C(=O)O)c(C(=N)c2ccc(Cl)cc2)c1C. The van der Waals surface area contributed by atoms with E-state index in [1.54, 1.807) is 30.4 Å². The van der Waals surface area contributed by atoms with Crippen molar-refractivity contribution in [1.29, 1.82) is 5.41 Å². The molecule has 6 nitrogen and oxygen atoms in total. The van der Waals surface area contributed by atoms with E-state index >= 15 is 0 Å². The van der Waals surface area contributed by atoms with E-state index in [0.29, 0.717) is 22.4 Å². The van der Waals surface area contributed by atoms with Gasteiger partial charge in [-0.1, -0.05) is 30.7 Å². The first-order chi connectivity index (χ1) is 13.2. The third-order valence-electron chi connectivity index (χ3n) is 4.75. The molecule has 2 heterocycles. The molecule has 0 saturated heterocycles. The third kappa shape index (κ3) is 3.72. The normalized spacial score (nSPS) is 12.2. The van der Waals surface area contributed by atoms with Crippen molar-refractivity contribution in [2.75, 3.05) is 0 Å². The smallest absolute Gasteiger partial charge is 0.306 e. The minimum atomic E-state index is -0.875. The van der Waals surface area contributed by atoms with Gasteiger partial charge >= 0.3 is 5.97 Å². The highest BCUT2D eigenvalue weighted by Crippen LogP contribution is 2.34. The standard InChI is InChI=1S/C20H21ClN4O2S/c1-10(20(26)27)9-16-24-23-13(4)25(16)19-17(11(2)12(3)28-19)18(22)14-5-7-15(21)8-6-14/h5-8,10,22H,9H2,1-4H3,(H,26,27). The number of benzene rings is 1. The first-order valence-electron chi connectivity index (χ1n) is 8.79. The number of nitrogens with zero attached hydrogens (tertiary/aromatic N) is 3. The lowest BCUT2D eigenvalue weighted by atomic mass is 10.00. The van der Waals surface area contributed by atoms with E-state index < -0.39 is 11.9 Å². The third-order valence-corrected chi connectivity index (χ3v) is 6.20. The van der Waals surface area contributed by atoms with E-state index in [-0.39, 0.29) is 6.42 Å². The van der Waals surface area contributed by atoms with Crippen LogP contribution in [0, 0.1) is 32.1 Å². The zero-order valence-electron chi connectivity index (χ0n) is 16.1. The number of aliphatic carboxylic acids is 1. The van der Waals surface area contributed by atoms with Crippen molar-refractivity contribution >= 4 is 34.6 Å². The van der Waals surface area contributed by atoms with Crippen LogP contribution in [0.15, 0.2) is 24.3 Å². The minimum Gasteiger partial charge on any atom is -0.481 e. The van der Waals surface area contributed by atoms with Crippen LogP contribution in [0.2, 0.25) is 5.02 Å². The lowest BCUT2D eigenvalue weighted by Gasteiger charge is -2.13. The maximum Gasteiger partial charge on any atom is 0.306 e. The van der Waals surface area contributed by atoms with E-state index in [9.17, 15) is 9.90 Å². The fourth-order valence-electron chi connectivity index (χ4n) is 2.99. The molecule has 0 fully saturated rings. The van der Waals surface area contributed by atoms with E-state index in [1.165, 1.54) is 0 Å². The molecule has 3 rings (SSSR count). The number of thiophene rings is 1. The van der Waals surface area contributed by atoms with Gasteiger partial charge in [0.1, 0.15) is 16.6 Å². The maximum atomic E-state index is 11.3. The van der Waals surface area contributed by atoms with Gasteiger partial charge in [-0.15, -0.1) is 21.5 Å². The topological polar surface area (TPSA) is 91.9 Å². The fourth-order valence-corrected chi connectivity index (χ4v) is 4.34. The molecule has 0 bridgehead atoms. The number of aromatic nitrogens is 3. The van der Waals surface area contributed by atoms with Gasteiger partial charge in [0.05, 0.1) is 11.6 Å². The Morgan fingerprint density at radius 3 is 2.50 bits per heavy atom. The van der Waals surface area contributed by atoms with Crippen LogP contribution >= 0.6 is 22.9 Å². The van der Waals surface area contributed by atoms with Crippen LogP contribution in [0.4, 0.5) is 0 Å². The van der Waals surface area contributed by atoms with Gasteiger partial charge in [-0.2, -0.15) is 0 Å². The molecule has 2 aromatic heterocycles. The quantitative estimate of drug-likeness (QED) is 0.575. The summed E-state index contributed by atoms with van der Waals surface area (Å²) in [7, 11) is 0. The molecule has 0 aliphatic heterocycles. The molecule has 0 spiro atoms. The Kier molecular flexibility index (Phi) is 5.67. The second-order valence-corrected chi connectivity index (χ2v) is 8.43. The summed E-state index contributed by atoms with van der Waals surface area (Å²) in [6, 6.07) is 7.19. The van der Waals surface area contributed by atoms with Crippen molar-refractivity contribution in [3.05, 3.63) is 62.5 Å². The number of hydrogen-bond acceptors (Lipinski definition) is 5. The number of aryl methyl sites for hydroxylation is 2. The zero-order chi connectivity index (χ0) is 20.6. The number of carbonyl (C=O) groups is 1. The van der Waals surface area contributed by atoms with E-state index in [0.717, 1.165) is 26.6 Å². The van der Waals surface area contributed by atoms with Crippen LogP contribution in [0.5, 0.6) is 0 Å². The Balaban J connectivity index is 2.13. The van der Waals surface area contributed by atoms with Crippen LogP contribution in [0.1, 0.15) is 40.1 Å². The highest BCUT2D eigenvalue weighted by atomic mass is 35.5. The maximum absolute atomic E-state index is 11.3. The van der Waals surface area contributed by atoms with Crippen molar-refractivity contribution in [2.24, 2.45) is 5.92 Å². The Morgan fingerprint density at radius 2 is 1.89 bits per heavy atom. The number of nitrogens with one attached hydrogen (secondary N) is 1. The Hall–Kier alpha value is -2.51. The van der Waals surface area contributed by atoms with Gasteiger partial charge in [-0.25, -0.2) is 0 Å². The van der Waals surface area contributed by atoms with Crippen LogP contribution in [-0.2, 0) is 11.2 Å². The average Bonchev–Trinajstić information content (AvgIpc) is 3.14. The van der Waals surface area contributed by atoms with Gasteiger partial charge in [0.15, 0.2) is 0 Å². The van der Waals surface area contributed by atoms with Gasteiger partial charge in [0.25, 0.3) is 0 Å². The van der Waals surface area contributed by atoms with Gasteiger partial charge < -0.3 is 5.11 Å². The molecular weight excluding hydrogens is 396 g/mol. The molecule has 146 valence electrons. The fraction of sp³-hybridized carbons (Fsp3) is 0.300. The summed E-state index contributed by atoms with van der Waals surface area (Å²) < 4.78 is 1.88. The molecular formula is C20H21ClN4O2S. The largest absolute Gasteiger partial charge is 0.481 e. The molecule has 1 unspecified atom stereocenters. The predicted molar refractivity (Wildman–Crippen MR) is 111 cm³/mol. The average molecular weight is 417 g/mol. The summed E-state index contributed by atoms with van der Waals surface area (Å²) in [5.74, 6) is -0.207. The molecule has 2 N–H and O–H groups in total. The first-order valence-corrected chi connectivity index (χ1v) is 9.99. The lowest BCUT2D eigenvalue weighted by molar-refractivity contribution is -0.141. The van der Waals surface area contributed by atoms with Crippen molar-refractivity contribution in [1.82, 2.24) is 14.8 Å². The molecule has 28 heavy (non-hydrogen) atoms. The number of carboxylic acids is 1. The van der Waals surface area contributed by atoms with Crippen LogP contribution < -0.4 is 0 Å². The van der Waals surface area contributed by atoms with Crippen LogP contribution in [0.3, 0.4) is 0 Å². The van der Waals surface area contributed by atoms with Gasteiger partial charge in [-0.05, 0) is 38.5 Å². The molecule has 0 radical (unpaired) electrons. The summed E-state index contributed by atoms with van der Waals surface area (Å²) in [5, 5.41) is 27.9. The number of rotatable bonds is 6. The first kappa shape index (κ1) is 20.2. The number of hydrogen-bond donors (Lipinski definition) is 2. The predicted octanol–water partition coefficient (Wildman–Crippen LogP) is 4.59. The highest BCUT2D eigenvalue weighted by molar-refractivity contribution is 7.15. The second-order valence-electron chi connectivity index (χ2n) is 6.79. The summed E-state index contributed by atoms with van der Waals surface area (Å²) >= 11 is 7.55. The summed E-state index contributed by atoms with van der Waals surface area (Å²) in [4.78, 5) is 12.4. The molecule has 1 aromatic carbocycles. The van der Waals surface area contributed by atoms with E-state index in [1.807, 2.05) is 37.5 Å². The lowest BCUT2D eigenvalue weighted by Crippen LogP contribution is -2.16. The molecule has 3 aromatic rings. The van der Waals surface area contributed by atoms with E-state index in [2.05, 4.69) is 10.2 Å². The van der Waals surface area contributed by atoms with Crippen molar-refractivity contribution in [2.45, 2.75) is 34.1 Å². The molecule has 0 saturated carbocycles. The molecule has 0 aliphatic rings. The van der Waals surface area contributed by atoms with Gasteiger partial charge in [-0.3, -0.25) is 14.8 Å². The van der Waals surface area contributed by atoms with Crippen molar-refractivity contribution in [3.63, 3.8) is 0 Å². The summed E-state index contributed by atoms with van der Waals surface area (Å²) in [5.41, 5.74) is 2.97. The molecule has 1 atom stereocenters. The molecule has 0 amide bonds. The molecule has 0 aliphatic carbocycles. The zero-order valence-corrected chi connectivity index (χ0v) is 17.6. The summed E-state index contributed by atoms with van der Waals surface area (Å²) in [6.07, 6.45) is 0.264. The number of halogens is 1. The van der Waals surface area contributed by atoms with Crippen LogP contribution in [-0.4, -0.2) is 31.6 Å². The molecule has 8 heteroatoms. The van der Waals surface area contributed by atoms with Crippen LogP contribution in [0.25, 0.3) is 5.00 Å². The Bertz CT molecular complexity index is 1050. The Morgan fingerprint density at radius 1 is 1.25 bits per heavy atom. The van der Waals surface area contributed by atoms with Crippen molar-refractivity contribution in [3.8, 4) is 5.00 Å². The highest BCUT2D eigenvalue weighted by Gasteiger charge is 2.24.